The average Bonchev–Trinajstić information content (AvgIpc) is 2.37. The number of benzene rings is 1. The second-order valence-corrected chi connectivity index (χ2v) is 4.93. The van der Waals surface area contributed by atoms with E-state index in [-0.39, 0.29) is 5.57 Å². The molecule has 0 fully saturated rings. The predicted octanol–water partition coefficient (Wildman–Crippen LogP) is 4.20. The molecule has 0 bridgehead atoms. The number of halogens is 1. The number of ether oxygens (including phenoxy) is 1. The lowest BCUT2D eigenvalue weighted by Gasteiger charge is -2.11. The van der Waals surface area contributed by atoms with Gasteiger partial charge in [0.25, 0.3) is 0 Å². The van der Waals surface area contributed by atoms with Crippen LogP contribution in [0, 0.1) is 28.6 Å². The van der Waals surface area contributed by atoms with Gasteiger partial charge in [-0.2, -0.15) is 10.5 Å². The Hall–Kier alpha value is -1.97. The number of nitrogens with zero attached hydrogens (tertiary/aromatic N) is 2. The lowest BCUT2D eigenvalue weighted by molar-refractivity contribution is 0.289. The van der Waals surface area contributed by atoms with Crippen LogP contribution in [0.25, 0.3) is 6.08 Å². The quantitative estimate of drug-likeness (QED) is 0.756. The molecule has 1 rings (SSSR count). The Morgan fingerprint density at radius 3 is 2.63 bits per heavy atom. The summed E-state index contributed by atoms with van der Waals surface area (Å²) in [6.45, 7) is 4.83. The van der Waals surface area contributed by atoms with Crippen LogP contribution in [0.3, 0.4) is 0 Å². The average molecular weight is 275 g/mol. The van der Waals surface area contributed by atoms with Crippen molar-refractivity contribution in [3.8, 4) is 17.9 Å². The summed E-state index contributed by atoms with van der Waals surface area (Å²) in [4.78, 5) is 0. The van der Waals surface area contributed by atoms with Gasteiger partial charge in [0, 0.05) is 10.6 Å². The van der Waals surface area contributed by atoms with Crippen molar-refractivity contribution < 1.29 is 4.74 Å². The first kappa shape index (κ1) is 15.1. The summed E-state index contributed by atoms with van der Waals surface area (Å²) in [7, 11) is 0. The first-order valence-corrected chi connectivity index (χ1v) is 6.39. The smallest absolute Gasteiger partial charge is 0.130 e. The topological polar surface area (TPSA) is 56.8 Å². The van der Waals surface area contributed by atoms with Crippen molar-refractivity contribution in [3.05, 3.63) is 34.4 Å². The molecule has 0 unspecified atom stereocenters. The predicted molar refractivity (Wildman–Crippen MR) is 75.6 cm³/mol. The zero-order chi connectivity index (χ0) is 14.3. The Kier molecular flexibility index (Phi) is 5.93. The zero-order valence-electron chi connectivity index (χ0n) is 11.0. The van der Waals surface area contributed by atoms with Gasteiger partial charge in [0.05, 0.1) is 6.61 Å². The molecular weight excluding hydrogens is 260 g/mol. The van der Waals surface area contributed by atoms with Gasteiger partial charge in [0.15, 0.2) is 0 Å². The van der Waals surface area contributed by atoms with E-state index >= 15 is 0 Å². The van der Waals surface area contributed by atoms with Crippen LogP contribution < -0.4 is 4.74 Å². The second kappa shape index (κ2) is 7.46. The minimum atomic E-state index is 0.0241. The SMILES string of the molecule is CC(C)CCOc1ccc(Cl)cc1C=C(C#N)C#N. The number of rotatable bonds is 5. The maximum atomic E-state index is 8.78. The molecule has 0 atom stereocenters. The van der Waals surface area contributed by atoms with Gasteiger partial charge >= 0.3 is 0 Å². The molecule has 1 aromatic carbocycles. The fourth-order valence-corrected chi connectivity index (χ4v) is 1.59. The summed E-state index contributed by atoms with van der Waals surface area (Å²) in [6, 6.07) is 8.80. The first-order chi connectivity index (χ1) is 9.06. The van der Waals surface area contributed by atoms with Crippen LogP contribution in [-0.4, -0.2) is 6.61 Å². The van der Waals surface area contributed by atoms with Gasteiger partial charge in [-0.3, -0.25) is 0 Å². The molecule has 0 spiro atoms. The van der Waals surface area contributed by atoms with Gasteiger partial charge in [0.1, 0.15) is 23.5 Å². The van der Waals surface area contributed by atoms with Gasteiger partial charge < -0.3 is 4.74 Å². The lowest BCUT2D eigenvalue weighted by Crippen LogP contribution is -2.02. The van der Waals surface area contributed by atoms with Gasteiger partial charge in [-0.1, -0.05) is 25.4 Å². The largest absolute Gasteiger partial charge is 0.493 e. The maximum Gasteiger partial charge on any atom is 0.130 e. The number of hydrogen-bond donors (Lipinski definition) is 0. The van der Waals surface area contributed by atoms with E-state index in [1.54, 1.807) is 18.2 Å². The molecule has 0 N–H and O–H groups in total. The highest BCUT2D eigenvalue weighted by Crippen LogP contribution is 2.25. The molecule has 0 saturated heterocycles. The highest BCUT2D eigenvalue weighted by molar-refractivity contribution is 6.30. The van der Waals surface area contributed by atoms with Crippen LogP contribution in [0.1, 0.15) is 25.8 Å². The molecule has 19 heavy (non-hydrogen) atoms. The molecule has 1 aromatic rings. The van der Waals surface area contributed by atoms with Gasteiger partial charge in [-0.05, 0) is 36.6 Å². The molecule has 0 heterocycles. The Balaban J connectivity index is 2.96. The van der Waals surface area contributed by atoms with Crippen molar-refractivity contribution in [1.82, 2.24) is 0 Å². The third kappa shape index (κ3) is 5.04. The normalized spacial score (nSPS) is 9.58. The Morgan fingerprint density at radius 1 is 1.37 bits per heavy atom. The minimum absolute atomic E-state index is 0.0241. The van der Waals surface area contributed by atoms with E-state index in [9.17, 15) is 0 Å². The van der Waals surface area contributed by atoms with E-state index in [2.05, 4.69) is 13.8 Å². The maximum absolute atomic E-state index is 8.78. The van der Waals surface area contributed by atoms with Crippen LogP contribution >= 0.6 is 11.6 Å². The van der Waals surface area contributed by atoms with Crippen LogP contribution in [0.15, 0.2) is 23.8 Å². The van der Waals surface area contributed by atoms with Crippen LogP contribution in [0.5, 0.6) is 5.75 Å². The molecular formula is C15H15ClN2O. The van der Waals surface area contributed by atoms with E-state index in [0.717, 1.165) is 6.42 Å². The number of allylic oxidation sites excluding steroid dienone is 1. The van der Waals surface area contributed by atoms with Crippen molar-refractivity contribution in [2.75, 3.05) is 6.61 Å². The summed E-state index contributed by atoms with van der Waals surface area (Å²) in [6.07, 6.45) is 2.42. The fraction of sp³-hybridized carbons (Fsp3) is 0.333. The monoisotopic (exact) mass is 274 g/mol. The Bertz CT molecular complexity index is 534. The third-order valence-corrected chi connectivity index (χ3v) is 2.70. The molecule has 0 aliphatic carbocycles. The highest BCUT2D eigenvalue weighted by atomic mass is 35.5. The van der Waals surface area contributed by atoms with Crippen molar-refractivity contribution in [3.63, 3.8) is 0 Å². The molecule has 0 radical (unpaired) electrons. The van der Waals surface area contributed by atoms with Crippen molar-refractivity contribution in [2.24, 2.45) is 5.92 Å². The fourth-order valence-electron chi connectivity index (χ4n) is 1.41. The van der Waals surface area contributed by atoms with E-state index < -0.39 is 0 Å². The molecule has 4 heteroatoms. The standard InChI is InChI=1S/C15H15ClN2O/c1-11(2)5-6-19-15-4-3-14(16)8-13(15)7-12(9-17)10-18/h3-4,7-8,11H,5-6H2,1-2H3. The van der Waals surface area contributed by atoms with E-state index in [4.69, 9.17) is 26.9 Å². The Morgan fingerprint density at radius 2 is 2.05 bits per heavy atom. The molecule has 0 aliphatic heterocycles. The van der Waals surface area contributed by atoms with Crippen LogP contribution in [0.4, 0.5) is 0 Å². The molecule has 3 nitrogen and oxygen atoms in total. The molecule has 0 aromatic heterocycles. The summed E-state index contributed by atoms with van der Waals surface area (Å²) < 4.78 is 5.67. The molecule has 98 valence electrons. The van der Waals surface area contributed by atoms with Crippen LogP contribution in [-0.2, 0) is 0 Å². The second-order valence-electron chi connectivity index (χ2n) is 4.49. The first-order valence-electron chi connectivity index (χ1n) is 6.01. The Labute approximate surface area is 118 Å². The van der Waals surface area contributed by atoms with Gasteiger partial charge in [-0.25, -0.2) is 0 Å². The van der Waals surface area contributed by atoms with Crippen molar-refractivity contribution in [1.29, 1.82) is 10.5 Å². The zero-order valence-corrected chi connectivity index (χ0v) is 11.7. The van der Waals surface area contributed by atoms with Gasteiger partial charge in [0.2, 0.25) is 0 Å². The number of nitriles is 2. The van der Waals surface area contributed by atoms with Crippen molar-refractivity contribution >= 4 is 17.7 Å². The summed E-state index contributed by atoms with van der Waals surface area (Å²) in [5.74, 6) is 1.19. The summed E-state index contributed by atoms with van der Waals surface area (Å²) in [5, 5.41) is 18.1. The van der Waals surface area contributed by atoms with Crippen LogP contribution in [0.2, 0.25) is 5.02 Å². The third-order valence-electron chi connectivity index (χ3n) is 2.47. The summed E-state index contributed by atoms with van der Waals surface area (Å²) >= 11 is 5.92. The minimum Gasteiger partial charge on any atom is -0.493 e. The molecule has 0 amide bonds. The van der Waals surface area contributed by atoms with Crippen molar-refractivity contribution in [2.45, 2.75) is 20.3 Å². The highest BCUT2D eigenvalue weighted by Gasteiger charge is 2.05. The van der Waals surface area contributed by atoms with E-state index in [0.29, 0.717) is 28.9 Å². The molecule has 0 aliphatic rings. The van der Waals surface area contributed by atoms with E-state index in [1.165, 1.54) is 6.08 Å². The van der Waals surface area contributed by atoms with Gasteiger partial charge in [-0.15, -0.1) is 0 Å². The van der Waals surface area contributed by atoms with E-state index in [1.807, 2.05) is 12.1 Å². The number of hydrogen-bond acceptors (Lipinski definition) is 3. The lowest BCUT2D eigenvalue weighted by atomic mass is 10.1. The summed E-state index contributed by atoms with van der Waals surface area (Å²) in [5.41, 5.74) is 0.672. The molecule has 0 saturated carbocycles.